The van der Waals surface area contributed by atoms with Crippen LogP contribution in [0.15, 0.2) is 5.34 Å². The summed E-state index contributed by atoms with van der Waals surface area (Å²) in [4.78, 5) is 22.7. The van der Waals surface area contributed by atoms with Gasteiger partial charge in [0.1, 0.15) is 6.61 Å². The van der Waals surface area contributed by atoms with Crippen LogP contribution in [-0.4, -0.2) is 24.7 Å². The van der Waals surface area contributed by atoms with Crippen LogP contribution in [-0.2, 0) is 11.3 Å². The van der Waals surface area contributed by atoms with E-state index in [2.05, 4.69) is 33.9 Å². The molecule has 0 amide bonds. The maximum absolute atomic E-state index is 9.94. The van der Waals surface area contributed by atoms with Crippen LogP contribution in [0, 0.1) is 11.8 Å². The molecule has 0 unspecified atom stereocenters. The van der Waals surface area contributed by atoms with Gasteiger partial charge in [0.05, 0.1) is 5.69 Å². The van der Waals surface area contributed by atoms with Crippen molar-refractivity contribution in [1.82, 2.24) is 4.98 Å². The highest BCUT2D eigenvalue weighted by molar-refractivity contribution is 7.15. The van der Waals surface area contributed by atoms with Crippen LogP contribution in [0.5, 0.6) is 0 Å². The standard InChI is InChI=1S/C14H25N3O2S/c1-4-6-9-17(10-7-5-2)14-15-12(3)13(20-14)8-11-19-16-18/h4-11H2,1-3H3. The molecule has 1 heterocycles. The van der Waals surface area contributed by atoms with E-state index in [9.17, 15) is 4.91 Å². The van der Waals surface area contributed by atoms with Gasteiger partial charge >= 0.3 is 0 Å². The van der Waals surface area contributed by atoms with E-state index in [0.717, 1.165) is 23.9 Å². The molecule has 0 saturated heterocycles. The molecule has 0 spiro atoms. The first kappa shape index (κ1) is 16.9. The Morgan fingerprint density at radius 2 is 1.90 bits per heavy atom. The maximum atomic E-state index is 9.94. The lowest BCUT2D eigenvalue weighted by atomic mass is 10.3. The fraction of sp³-hybridized carbons (Fsp3) is 0.786. The lowest BCUT2D eigenvalue weighted by Gasteiger charge is -2.21. The van der Waals surface area contributed by atoms with E-state index in [0.29, 0.717) is 13.0 Å². The Kier molecular flexibility index (Phi) is 8.18. The first-order valence-corrected chi connectivity index (χ1v) is 8.20. The highest BCUT2D eigenvalue weighted by Crippen LogP contribution is 2.27. The molecule has 0 aromatic carbocycles. The van der Waals surface area contributed by atoms with Crippen LogP contribution in [0.4, 0.5) is 5.13 Å². The Balaban J connectivity index is 2.68. The second-order valence-electron chi connectivity index (χ2n) is 4.86. The quantitative estimate of drug-likeness (QED) is 0.351. The van der Waals surface area contributed by atoms with Crippen molar-refractivity contribution in [1.29, 1.82) is 0 Å². The average Bonchev–Trinajstić information content (AvgIpc) is 2.81. The van der Waals surface area contributed by atoms with Crippen molar-refractivity contribution in [3.63, 3.8) is 0 Å². The molecule has 1 aromatic heterocycles. The van der Waals surface area contributed by atoms with Gasteiger partial charge in [-0.2, -0.15) is 0 Å². The van der Waals surface area contributed by atoms with E-state index in [1.807, 2.05) is 6.92 Å². The molecule has 0 N–H and O–H groups in total. The molecule has 0 fully saturated rings. The Morgan fingerprint density at radius 3 is 2.45 bits per heavy atom. The van der Waals surface area contributed by atoms with E-state index in [1.165, 1.54) is 30.6 Å². The predicted molar refractivity (Wildman–Crippen MR) is 84.3 cm³/mol. The molecule has 0 bridgehead atoms. The second kappa shape index (κ2) is 9.69. The Labute approximate surface area is 125 Å². The first-order valence-electron chi connectivity index (χ1n) is 7.38. The van der Waals surface area contributed by atoms with Crippen molar-refractivity contribution in [3.8, 4) is 0 Å². The molecular formula is C14H25N3O2S. The second-order valence-corrected chi connectivity index (χ2v) is 5.92. The van der Waals surface area contributed by atoms with Crippen LogP contribution < -0.4 is 4.90 Å². The minimum atomic E-state index is 0.329. The zero-order valence-corrected chi connectivity index (χ0v) is 13.5. The largest absolute Gasteiger partial charge is 0.364 e. The Hall–Kier alpha value is -1.17. The number of unbranched alkanes of at least 4 members (excludes halogenated alkanes) is 2. The van der Waals surface area contributed by atoms with Crippen LogP contribution in [0.1, 0.15) is 50.1 Å². The maximum Gasteiger partial charge on any atom is 0.185 e. The molecule has 0 atom stereocenters. The van der Waals surface area contributed by atoms with Crippen molar-refractivity contribution in [2.24, 2.45) is 5.34 Å². The van der Waals surface area contributed by atoms with Gasteiger partial charge in [-0.05, 0) is 19.8 Å². The fourth-order valence-corrected chi connectivity index (χ4v) is 3.05. The first-order chi connectivity index (χ1) is 9.72. The Morgan fingerprint density at radius 1 is 1.25 bits per heavy atom. The zero-order valence-electron chi connectivity index (χ0n) is 12.7. The topological polar surface area (TPSA) is 54.8 Å². The number of hydrogen-bond donors (Lipinski definition) is 0. The van der Waals surface area contributed by atoms with Gasteiger partial charge in [0, 0.05) is 24.4 Å². The summed E-state index contributed by atoms with van der Waals surface area (Å²) >= 11 is 1.71. The van der Waals surface area contributed by atoms with Crippen molar-refractivity contribution in [2.75, 3.05) is 24.6 Å². The molecule has 0 aliphatic heterocycles. The van der Waals surface area contributed by atoms with E-state index >= 15 is 0 Å². The SMILES string of the molecule is CCCCN(CCCC)c1nc(C)c(CCON=O)s1. The number of aromatic nitrogens is 1. The molecule has 0 radical (unpaired) electrons. The van der Waals surface area contributed by atoms with Gasteiger partial charge in [-0.25, -0.2) is 4.98 Å². The van der Waals surface area contributed by atoms with Gasteiger partial charge in [-0.3, -0.25) is 0 Å². The summed E-state index contributed by atoms with van der Waals surface area (Å²) in [6, 6.07) is 0. The van der Waals surface area contributed by atoms with E-state index in [4.69, 9.17) is 0 Å². The Bertz CT molecular complexity index is 388. The highest BCUT2D eigenvalue weighted by atomic mass is 32.1. The third kappa shape index (κ3) is 5.45. The van der Waals surface area contributed by atoms with Gasteiger partial charge in [0.25, 0.3) is 0 Å². The van der Waals surface area contributed by atoms with Crippen molar-refractivity contribution in [2.45, 2.75) is 52.9 Å². The fourth-order valence-electron chi connectivity index (χ4n) is 1.96. The molecule has 1 aromatic rings. The molecule has 20 heavy (non-hydrogen) atoms. The summed E-state index contributed by atoms with van der Waals surface area (Å²) in [7, 11) is 0. The number of anilines is 1. The van der Waals surface area contributed by atoms with Crippen LogP contribution in [0.25, 0.3) is 0 Å². The number of hydrogen-bond acceptors (Lipinski definition) is 6. The third-order valence-electron chi connectivity index (χ3n) is 3.19. The summed E-state index contributed by atoms with van der Waals surface area (Å²) in [5, 5.41) is 3.52. The number of rotatable bonds is 11. The lowest BCUT2D eigenvalue weighted by molar-refractivity contribution is 0.143. The summed E-state index contributed by atoms with van der Waals surface area (Å²) in [6.07, 6.45) is 5.47. The van der Waals surface area contributed by atoms with Crippen LogP contribution >= 0.6 is 11.3 Å². The molecule has 114 valence electrons. The lowest BCUT2D eigenvalue weighted by Crippen LogP contribution is -2.25. The molecular weight excluding hydrogens is 274 g/mol. The number of nitrogens with zero attached hydrogens (tertiary/aromatic N) is 3. The van der Waals surface area contributed by atoms with E-state index in [-0.39, 0.29) is 0 Å². The molecule has 0 aliphatic carbocycles. The summed E-state index contributed by atoms with van der Waals surface area (Å²) in [5.74, 6) is 0. The molecule has 6 heteroatoms. The normalized spacial score (nSPS) is 10.6. The summed E-state index contributed by atoms with van der Waals surface area (Å²) < 4.78 is 0. The minimum absolute atomic E-state index is 0.329. The van der Waals surface area contributed by atoms with Gasteiger partial charge in [0.2, 0.25) is 0 Å². The van der Waals surface area contributed by atoms with E-state index in [1.54, 1.807) is 11.3 Å². The van der Waals surface area contributed by atoms with Gasteiger partial charge in [-0.1, -0.05) is 26.7 Å². The molecule has 0 aliphatic rings. The van der Waals surface area contributed by atoms with Gasteiger partial charge < -0.3 is 9.74 Å². The number of aryl methyl sites for hydroxylation is 1. The summed E-state index contributed by atoms with van der Waals surface area (Å²) in [6.45, 7) is 8.89. The highest BCUT2D eigenvalue weighted by Gasteiger charge is 2.13. The molecule has 0 saturated carbocycles. The predicted octanol–water partition coefficient (Wildman–Crippen LogP) is 4.10. The van der Waals surface area contributed by atoms with Gasteiger partial charge in [-0.15, -0.1) is 16.2 Å². The molecule has 5 nitrogen and oxygen atoms in total. The van der Waals surface area contributed by atoms with Crippen LogP contribution in [0.3, 0.4) is 0 Å². The smallest absolute Gasteiger partial charge is 0.185 e. The number of thiazole rings is 1. The monoisotopic (exact) mass is 299 g/mol. The van der Waals surface area contributed by atoms with Crippen LogP contribution in [0.2, 0.25) is 0 Å². The minimum Gasteiger partial charge on any atom is -0.364 e. The van der Waals surface area contributed by atoms with Crippen molar-refractivity contribution in [3.05, 3.63) is 15.5 Å². The third-order valence-corrected chi connectivity index (χ3v) is 4.47. The van der Waals surface area contributed by atoms with Gasteiger partial charge in [0.15, 0.2) is 10.5 Å². The average molecular weight is 299 g/mol. The summed E-state index contributed by atoms with van der Waals surface area (Å²) in [5.41, 5.74) is 1.04. The van der Waals surface area contributed by atoms with E-state index < -0.39 is 0 Å². The van der Waals surface area contributed by atoms with Crippen molar-refractivity contribution >= 4 is 16.5 Å². The van der Waals surface area contributed by atoms with Crippen molar-refractivity contribution < 1.29 is 4.84 Å². The zero-order chi connectivity index (χ0) is 14.8. The molecule has 1 rings (SSSR count).